The highest BCUT2D eigenvalue weighted by Crippen LogP contribution is 2.32. The Balaban J connectivity index is 1.81. The van der Waals surface area contributed by atoms with Gasteiger partial charge in [-0.2, -0.15) is 5.26 Å². The first-order valence-corrected chi connectivity index (χ1v) is 10.0. The lowest BCUT2D eigenvalue weighted by Crippen LogP contribution is -2.02. The molecule has 0 spiro atoms. The Labute approximate surface area is 185 Å². The van der Waals surface area contributed by atoms with E-state index in [9.17, 15) is 5.26 Å². The maximum absolute atomic E-state index is 9.82. The maximum Gasteiger partial charge on any atom is 0.149 e. The van der Waals surface area contributed by atoms with Crippen molar-refractivity contribution < 1.29 is 9.47 Å². The zero-order chi connectivity index (χ0) is 22.1. The summed E-state index contributed by atoms with van der Waals surface area (Å²) in [6.07, 6.45) is 1.84. The van der Waals surface area contributed by atoms with Crippen LogP contribution in [0.3, 0.4) is 0 Å². The highest BCUT2D eigenvalue weighted by atomic mass is 35.5. The average molecular weight is 433 g/mol. The van der Waals surface area contributed by atoms with Crippen LogP contribution in [0.2, 0.25) is 5.02 Å². The lowest BCUT2D eigenvalue weighted by molar-refractivity contribution is 0.412. The summed E-state index contributed by atoms with van der Waals surface area (Å²) in [6, 6.07) is 15.4. The molecular weight excluding hydrogens is 412 g/mol. The van der Waals surface area contributed by atoms with Crippen molar-refractivity contribution in [2.24, 2.45) is 0 Å². The molecule has 0 fully saturated rings. The van der Waals surface area contributed by atoms with Crippen molar-refractivity contribution in [1.29, 1.82) is 5.26 Å². The number of fused-ring (bicyclic) bond motifs is 1. The van der Waals surface area contributed by atoms with Gasteiger partial charge in [-0.15, -0.1) is 0 Å². The average Bonchev–Trinajstić information content (AvgIpc) is 3.31. The smallest absolute Gasteiger partial charge is 0.149 e. The van der Waals surface area contributed by atoms with Crippen LogP contribution in [-0.4, -0.2) is 28.8 Å². The summed E-state index contributed by atoms with van der Waals surface area (Å²) in [5.41, 5.74) is 5.73. The molecule has 0 aliphatic carbocycles. The van der Waals surface area contributed by atoms with Crippen molar-refractivity contribution in [1.82, 2.24) is 14.5 Å². The number of methoxy groups -OCH3 is 2. The third-order valence-corrected chi connectivity index (χ3v) is 5.45. The Kier molecular flexibility index (Phi) is 5.45. The van der Waals surface area contributed by atoms with Gasteiger partial charge < -0.3 is 19.0 Å². The standard InChI is InChI=1S/C24H21ClN4O2/c1-14-9-16(15(2)29(14)22-11-18(25)5-8-23(22)31-4)10-17(13-26)24-27-20-7-6-19(30-3)12-21(20)28-24/h5-12H,1-4H3,(H,27,28)/b17-10-. The topological polar surface area (TPSA) is 75.9 Å². The predicted octanol–water partition coefficient (Wildman–Crippen LogP) is 5.71. The number of aryl methyl sites for hydroxylation is 1. The number of halogens is 1. The van der Waals surface area contributed by atoms with Gasteiger partial charge in [0.25, 0.3) is 0 Å². The number of H-pyrrole nitrogens is 1. The van der Waals surface area contributed by atoms with Crippen LogP contribution in [0.4, 0.5) is 0 Å². The molecule has 0 bridgehead atoms. The van der Waals surface area contributed by atoms with E-state index < -0.39 is 0 Å². The molecule has 31 heavy (non-hydrogen) atoms. The number of aromatic nitrogens is 3. The van der Waals surface area contributed by atoms with Gasteiger partial charge in [-0.1, -0.05) is 11.6 Å². The molecule has 0 unspecified atom stereocenters. The molecule has 0 saturated heterocycles. The van der Waals surface area contributed by atoms with Crippen molar-refractivity contribution in [3.05, 3.63) is 70.3 Å². The molecule has 6 nitrogen and oxygen atoms in total. The van der Waals surface area contributed by atoms with E-state index in [1.165, 1.54) is 0 Å². The van der Waals surface area contributed by atoms with Crippen molar-refractivity contribution in [2.75, 3.05) is 14.2 Å². The number of nitrogens with zero attached hydrogens (tertiary/aromatic N) is 3. The first kappa shape index (κ1) is 20.6. The van der Waals surface area contributed by atoms with Crippen LogP contribution >= 0.6 is 11.6 Å². The van der Waals surface area contributed by atoms with Crippen LogP contribution in [0.15, 0.2) is 42.5 Å². The minimum Gasteiger partial charge on any atom is -0.497 e. The van der Waals surface area contributed by atoms with Gasteiger partial charge in [-0.25, -0.2) is 4.98 Å². The van der Waals surface area contributed by atoms with Crippen LogP contribution in [0.25, 0.3) is 28.4 Å². The maximum atomic E-state index is 9.82. The van der Waals surface area contributed by atoms with Gasteiger partial charge in [-0.05, 0) is 61.9 Å². The minimum absolute atomic E-state index is 0.438. The number of benzene rings is 2. The Morgan fingerprint density at radius 2 is 1.94 bits per heavy atom. The summed E-state index contributed by atoms with van der Waals surface area (Å²) < 4.78 is 12.9. The zero-order valence-corrected chi connectivity index (χ0v) is 18.4. The molecule has 2 heterocycles. The summed E-state index contributed by atoms with van der Waals surface area (Å²) >= 11 is 6.24. The van der Waals surface area contributed by atoms with Crippen molar-refractivity contribution in [2.45, 2.75) is 13.8 Å². The molecule has 0 saturated carbocycles. The largest absolute Gasteiger partial charge is 0.497 e. The Hall–Kier alpha value is -3.69. The minimum atomic E-state index is 0.438. The number of imidazole rings is 1. The molecular formula is C24H21ClN4O2. The number of ether oxygens (including phenoxy) is 2. The first-order valence-electron chi connectivity index (χ1n) is 9.64. The van der Waals surface area contributed by atoms with Crippen LogP contribution in [-0.2, 0) is 0 Å². The van der Waals surface area contributed by atoms with Crippen LogP contribution in [0, 0.1) is 25.2 Å². The van der Waals surface area contributed by atoms with Crippen molar-refractivity contribution in [3.63, 3.8) is 0 Å². The highest BCUT2D eigenvalue weighted by molar-refractivity contribution is 6.30. The Bertz CT molecular complexity index is 1360. The molecule has 0 atom stereocenters. The molecule has 0 radical (unpaired) electrons. The lowest BCUT2D eigenvalue weighted by atomic mass is 10.1. The Morgan fingerprint density at radius 1 is 1.13 bits per heavy atom. The molecule has 1 N–H and O–H groups in total. The van der Waals surface area contributed by atoms with Gasteiger partial charge in [0.1, 0.15) is 23.4 Å². The fourth-order valence-corrected chi connectivity index (χ4v) is 3.86. The van der Waals surface area contributed by atoms with E-state index >= 15 is 0 Å². The van der Waals surface area contributed by atoms with Gasteiger partial charge in [0, 0.05) is 22.5 Å². The normalized spacial score (nSPS) is 11.5. The van der Waals surface area contributed by atoms with E-state index in [0.717, 1.165) is 39.4 Å². The third-order valence-electron chi connectivity index (χ3n) is 5.22. The molecule has 4 aromatic rings. The number of rotatable bonds is 5. The van der Waals surface area contributed by atoms with Crippen LogP contribution in [0.5, 0.6) is 11.5 Å². The first-order chi connectivity index (χ1) is 14.9. The summed E-state index contributed by atoms with van der Waals surface area (Å²) in [5, 5.41) is 10.4. The molecule has 7 heteroatoms. The summed E-state index contributed by atoms with van der Waals surface area (Å²) in [5.74, 6) is 1.95. The molecule has 0 aliphatic rings. The van der Waals surface area contributed by atoms with Gasteiger partial charge in [0.15, 0.2) is 0 Å². The van der Waals surface area contributed by atoms with E-state index in [1.54, 1.807) is 20.3 Å². The second kappa shape index (κ2) is 8.21. The van der Waals surface area contributed by atoms with Crippen molar-refractivity contribution in [3.8, 4) is 23.3 Å². The predicted molar refractivity (Wildman–Crippen MR) is 123 cm³/mol. The second-order valence-corrected chi connectivity index (χ2v) is 7.55. The van der Waals surface area contributed by atoms with E-state index in [0.29, 0.717) is 22.2 Å². The SMILES string of the molecule is COc1ccc2nc(/C(C#N)=C\c3cc(C)n(-c4cc(Cl)ccc4OC)c3C)[nH]c2c1. The fourth-order valence-electron chi connectivity index (χ4n) is 3.69. The van der Waals surface area contributed by atoms with Gasteiger partial charge in [0.2, 0.25) is 0 Å². The summed E-state index contributed by atoms with van der Waals surface area (Å²) in [4.78, 5) is 7.78. The fraction of sp³-hybridized carbons (Fsp3) is 0.167. The number of hydrogen-bond acceptors (Lipinski definition) is 4. The molecule has 2 aromatic heterocycles. The number of allylic oxidation sites excluding steroid dienone is 1. The Morgan fingerprint density at radius 3 is 2.65 bits per heavy atom. The van der Waals surface area contributed by atoms with Gasteiger partial charge >= 0.3 is 0 Å². The summed E-state index contributed by atoms with van der Waals surface area (Å²) in [6.45, 7) is 4.00. The van der Waals surface area contributed by atoms with Crippen LogP contribution in [0.1, 0.15) is 22.8 Å². The zero-order valence-electron chi connectivity index (χ0n) is 17.7. The van der Waals surface area contributed by atoms with E-state index in [4.69, 9.17) is 21.1 Å². The van der Waals surface area contributed by atoms with Crippen molar-refractivity contribution >= 4 is 34.3 Å². The quantitative estimate of drug-likeness (QED) is 0.410. The van der Waals surface area contributed by atoms with E-state index in [2.05, 4.69) is 20.6 Å². The van der Waals surface area contributed by atoms with E-state index in [1.807, 2.05) is 56.3 Å². The van der Waals surface area contributed by atoms with E-state index in [-0.39, 0.29) is 0 Å². The van der Waals surface area contributed by atoms with Gasteiger partial charge in [0.05, 0.1) is 36.5 Å². The lowest BCUT2D eigenvalue weighted by Gasteiger charge is -2.14. The number of nitriles is 1. The van der Waals surface area contributed by atoms with Crippen LogP contribution < -0.4 is 9.47 Å². The molecule has 4 rings (SSSR count). The highest BCUT2D eigenvalue weighted by Gasteiger charge is 2.16. The molecule has 0 amide bonds. The second-order valence-electron chi connectivity index (χ2n) is 7.12. The monoisotopic (exact) mass is 432 g/mol. The number of aromatic amines is 1. The van der Waals surface area contributed by atoms with Gasteiger partial charge in [-0.3, -0.25) is 0 Å². The third kappa shape index (κ3) is 3.76. The number of nitrogens with one attached hydrogen (secondary N) is 1. The molecule has 2 aromatic carbocycles. The molecule has 156 valence electrons. The number of hydrogen-bond donors (Lipinski definition) is 1. The molecule has 0 aliphatic heterocycles. The summed E-state index contributed by atoms with van der Waals surface area (Å²) in [7, 11) is 3.25.